The van der Waals surface area contributed by atoms with E-state index in [4.69, 9.17) is 4.74 Å². The second kappa shape index (κ2) is 9.37. The zero-order chi connectivity index (χ0) is 18.2. The summed E-state index contributed by atoms with van der Waals surface area (Å²) in [5.41, 5.74) is 2.52. The molecule has 1 heterocycles. The molecule has 0 aliphatic rings. The van der Waals surface area contributed by atoms with E-state index < -0.39 is 0 Å². The van der Waals surface area contributed by atoms with Crippen molar-refractivity contribution in [3.63, 3.8) is 0 Å². The van der Waals surface area contributed by atoms with Gasteiger partial charge in [-0.25, -0.2) is 4.98 Å². The number of rotatable bonds is 9. The fourth-order valence-electron chi connectivity index (χ4n) is 2.75. The Kier molecular flexibility index (Phi) is 7.19. The molecule has 5 nitrogen and oxygen atoms in total. The fraction of sp³-hybridized carbons (Fsp3) is 0.500. The summed E-state index contributed by atoms with van der Waals surface area (Å²) < 4.78 is 7.28. The Labute approximate surface area is 150 Å². The minimum atomic E-state index is 0.150. The number of hydrogen-bond acceptors (Lipinski definition) is 3. The number of ether oxygens (including phenoxy) is 1. The van der Waals surface area contributed by atoms with Crippen molar-refractivity contribution in [3.8, 4) is 0 Å². The van der Waals surface area contributed by atoms with Gasteiger partial charge in [0.2, 0.25) is 5.91 Å². The Morgan fingerprint density at radius 3 is 2.76 bits per heavy atom. The van der Waals surface area contributed by atoms with E-state index >= 15 is 0 Å². The zero-order valence-corrected chi connectivity index (χ0v) is 15.7. The number of aromatic nitrogens is 2. The molecule has 1 amide bonds. The van der Waals surface area contributed by atoms with Gasteiger partial charge in [0.05, 0.1) is 13.2 Å². The molecule has 1 aromatic heterocycles. The lowest BCUT2D eigenvalue weighted by molar-refractivity contribution is -0.133. The summed E-state index contributed by atoms with van der Waals surface area (Å²) in [5, 5.41) is 0. The van der Waals surface area contributed by atoms with Gasteiger partial charge in [-0.05, 0) is 24.0 Å². The minimum absolute atomic E-state index is 0.150. The molecule has 0 spiro atoms. The highest BCUT2D eigenvalue weighted by molar-refractivity contribution is 5.76. The lowest BCUT2D eigenvalue weighted by Crippen LogP contribution is -2.35. The number of benzene rings is 1. The molecule has 0 atom stereocenters. The topological polar surface area (TPSA) is 47.4 Å². The maximum absolute atomic E-state index is 12.5. The first-order valence-corrected chi connectivity index (χ1v) is 8.82. The van der Waals surface area contributed by atoms with Crippen molar-refractivity contribution < 1.29 is 9.53 Å². The van der Waals surface area contributed by atoms with Crippen LogP contribution in [-0.2, 0) is 22.6 Å². The maximum atomic E-state index is 12.5. The molecule has 0 bridgehead atoms. The lowest BCUT2D eigenvalue weighted by Gasteiger charge is -2.23. The van der Waals surface area contributed by atoms with E-state index in [9.17, 15) is 4.79 Å². The monoisotopic (exact) mass is 343 g/mol. The second-order valence-corrected chi connectivity index (χ2v) is 6.80. The van der Waals surface area contributed by atoms with Crippen molar-refractivity contribution in [2.24, 2.45) is 5.92 Å². The van der Waals surface area contributed by atoms with Gasteiger partial charge in [0, 0.05) is 39.0 Å². The Bertz CT molecular complexity index is 679. The van der Waals surface area contributed by atoms with Crippen molar-refractivity contribution in [3.05, 3.63) is 53.6 Å². The quantitative estimate of drug-likeness (QED) is 0.702. The molecule has 5 heteroatoms. The molecule has 0 N–H and O–H groups in total. The molecule has 0 unspecified atom stereocenters. The first-order valence-electron chi connectivity index (χ1n) is 8.82. The Hall–Kier alpha value is -2.14. The first-order chi connectivity index (χ1) is 12.0. The number of nitrogens with zero attached hydrogens (tertiary/aromatic N) is 3. The normalized spacial score (nSPS) is 11.1. The van der Waals surface area contributed by atoms with Gasteiger partial charge in [0.1, 0.15) is 5.82 Å². The molecule has 25 heavy (non-hydrogen) atoms. The molecule has 0 saturated carbocycles. The average molecular weight is 343 g/mol. The summed E-state index contributed by atoms with van der Waals surface area (Å²) >= 11 is 0. The third-order valence-corrected chi connectivity index (χ3v) is 4.24. The van der Waals surface area contributed by atoms with E-state index in [1.807, 2.05) is 17.2 Å². The van der Waals surface area contributed by atoms with E-state index in [0.29, 0.717) is 32.0 Å². The maximum Gasteiger partial charge on any atom is 0.223 e. The summed E-state index contributed by atoms with van der Waals surface area (Å²) in [4.78, 5) is 18.9. The number of carbonyl (C=O) groups is 1. The Balaban J connectivity index is 2.13. The number of aryl methyl sites for hydroxylation is 1. The standard InChI is InChI=1S/C20H29N3O2/c1-16(2)13-20(24)23(11-12-25-4)15-19-21-9-10-22(19)14-18-8-6-5-7-17(18)3/h5-10,16H,11-15H2,1-4H3. The number of carbonyl (C=O) groups excluding carboxylic acids is 1. The van der Waals surface area contributed by atoms with Crippen LogP contribution >= 0.6 is 0 Å². The molecular formula is C20H29N3O2. The van der Waals surface area contributed by atoms with Gasteiger partial charge in [-0.3, -0.25) is 4.79 Å². The van der Waals surface area contributed by atoms with E-state index in [2.05, 4.69) is 48.5 Å². The number of methoxy groups -OCH3 is 1. The molecule has 0 saturated heterocycles. The molecule has 0 aliphatic heterocycles. The van der Waals surface area contributed by atoms with E-state index in [1.54, 1.807) is 13.3 Å². The summed E-state index contributed by atoms with van der Waals surface area (Å²) in [5.74, 6) is 1.39. The van der Waals surface area contributed by atoms with Crippen LogP contribution < -0.4 is 0 Å². The van der Waals surface area contributed by atoms with Crippen LogP contribution in [0.3, 0.4) is 0 Å². The predicted octanol–water partition coefficient (Wildman–Crippen LogP) is 3.26. The van der Waals surface area contributed by atoms with Gasteiger partial charge in [-0.1, -0.05) is 38.1 Å². The molecule has 0 aliphatic carbocycles. The van der Waals surface area contributed by atoms with Gasteiger partial charge in [-0.15, -0.1) is 0 Å². The van der Waals surface area contributed by atoms with Gasteiger partial charge in [0.15, 0.2) is 0 Å². The second-order valence-electron chi connectivity index (χ2n) is 6.80. The van der Waals surface area contributed by atoms with Gasteiger partial charge in [-0.2, -0.15) is 0 Å². The molecule has 1 aromatic carbocycles. The van der Waals surface area contributed by atoms with Crippen LogP contribution in [0, 0.1) is 12.8 Å². The van der Waals surface area contributed by atoms with Crippen LogP contribution in [0.15, 0.2) is 36.7 Å². The van der Waals surface area contributed by atoms with Crippen molar-refractivity contribution in [1.29, 1.82) is 0 Å². The highest BCUT2D eigenvalue weighted by atomic mass is 16.5. The summed E-state index contributed by atoms with van der Waals surface area (Å²) in [7, 11) is 1.66. The molecule has 136 valence electrons. The van der Waals surface area contributed by atoms with E-state index in [0.717, 1.165) is 12.4 Å². The summed E-state index contributed by atoms with van der Waals surface area (Å²) in [6, 6.07) is 8.34. The third kappa shape index (κ3) is 5.71. The van der Waals surface area contributed by atoms with E-state index in [1.165, 1.54) is 11.1 Å². The zero-order valence-electron chi connectivity index (χ0n) is 15.7. The predicted molar refractivity (Wildman–Crippen MR) is 99.3 cm³/mol. The fourth-order valence-corrected chi connectivity index (χ4v) is 2.75. The van der Waals surface area contributed by atoms with Crippen molar-refractivity contribution in [2.45, 2.75) is 40.3 Å². The summed E-state index contributed by atoms with van der Waals surface area (Å²) in [6.45, 7) is 8.62. The van der Waals surface area contributed by atoms with Crippen LogP contribution in [0.5, 0.6) is 0 Å². The molecule has 2 aromatic rings. The minimum Gasteiger partial charge on any atom is -0.383 e. The van der Waals surface area contributed by atoms with Crippen molar-refractivity contribution in [2.75, 3.05) is 20.3 Å². The number of hydrogen-bond donors (Lipinski definition) is 0. The van der Waals surface area contributed by atoms with Crippen LogP contribution in [0.1, 0.15) is 37.2 Å². The first kappa shape index (κ1) is 19.2. The molecule has 0 radical (unpaired) electrons. The van der Waals surface area contributed by atoms with Crippen LogP contribution in [0.2, 0.25) is 0 Å². The Morgan fingerprint density at radius 2 is 2.08 bits per heavy atom. The highest BCUT2D eigenvalue weighted by Crippen LogP contribution is 2.13. The SMILES string of the molecule is COCCN(Cc1nccn1Cc1ccccc1C)C(=O)CC(C)C. The molecular weight excluding hydrogens is 314 g/mol. The van der Waals surface area contributed by atoms with Crippen molar-refractivity contribution >= 4 is 5.91 Å². The van der Waals surface area contributed by atoms with Gasteiger partial charge < -0.3 is 14.2 Å². The molecule has 2 rings (SSSR count). The number of imidazole rings is 1. The lowest BCUT2D eigenvalue weighted by atomic mass is 10.1. The summed E-state index contributed by atoms with van der Waals surface area (Å²) in [6.07, 6.45) is 4.32. The highest BCUT2D eigenvalue weighted by Gasteiger charge is 2.17. The largest absolute Gasteiger partial charge is 0.383 e. The van der Waals surface area contributed by atoms with Crippen LogP contribution in [0.4, 0.5) is 0 Å². The van der Waals surface area contributed by atoms with E-state index in [-0.39, 0.29) is 5.91 Å². The van der Waals surface area contributed by atoms with Crippen molar-refractivity contribution in [1.82, 2.24) is 14.5 Å². The smallest absolute Gasteiger partial charge is 0.223 e. The van der Waals surface area contributed by atoms with Gasteiger partial charge >= 0.3 is 0 Å². The Morgan fingerprint density at radius 1 is 1.32 bits per heavy atom. The van der Waals surface area contributed by atoms with Crippen LogP contribution in [-0.4, -0.2) is 40.6 Å². The number of amides is 1. The third-order valence-electron chi connectivity index (χ3n) is 4.24. The molecule has 0 fully saturated rings. The average Bonchev–Trinajstić information content (AvgIpc) is 2.99. The van der Waals surface area contributed by atoms with Gasteiger partial charge in [0.25, 0.3) is 0 Å². The van der Waals surface area contributed by atoms with Crippen LogP contribution in [0.25, 0.3) is 0 Å².